The van der Waals surface area contributed by atoms with E-state index in [1.165, 1.54) is 6.20 Å². The molecule has 0 aliphatic carbocycles. The van der Waals surface area contributed by atoms with Gasteiger partial charge in [-0.3, -0.25) is 9.99 Å². The summed E-state index contributed by atoms with van der Waals surface area (Å²) >= 11 is 14.7. The zero-order valence-corrected chi connectivity index (χ0v) is 23.6. The summed E-state index contributed by atoms with van der Waals surface area (Å²) in [6.45, 7) is 8.15. The largest absolute Gasteiger partial charge is 0.372 e. The van der Waals surface area contributed by atoms with Crippen LogP contribution in [0.4, 0.5) is 17.1 Å². The maximum Gasteiger partial charge on any atom is 0.106 e. The van der Waals surface area contributed by atoms with Crippen LogP contribution in [0.15, 0.2) is 53.9 Å². The molecule has 1 aliphatic rings. The summed E-state index contributed by atoms with van der Waals surface area (Å²) in [6.07, 6.45) is 3.58. The lowest BCUT2D eigenvalue weighted by atomic mass is 10.1. The van der Waals surface area contributed by atoms with Crippen molar-refractivity contribution in [3.63, 3.8) is 0 Å². The number of nitrogens with one attached hydrogen (secondary N) is 4. The molecule has 0 unspecified atom stereocenters. The number of aryl methyl sites for hydroxylation is 2. The standard InChI is InChI=1S/C27H26Cl2N8S/c1-14(2)37-12-23(35-36-37)26(27-16(4)32-13-38-27)34-19-7-20-24(33-18-6-5-15(3)21(28)8-18)17(10-30)11-31-25(20)22(29)9-19/h5-9,11-14,26,34-36H,1-4H3,(H,31,33)/t26-/m1/s1. The first-order valence-corrected chi connectivity index (χ1v) is 13.6. The van der Waals surface area contributed by atoms with E-state index >= 15 is 0 Å². The zero-order chi connectivity index (χ0) is 27.0. The highest BCUT2D eigenvalue weighted by molar-refractivity contribution is 7.09. The smallest absolute Gasteiger partial charge is 0.106 e. The Morgan fingerprint density at radius 3 is 2.53 bits per heavy atom. The Kier molecular flexibility index (Phi) is 7.32. The number of rotatable bonds is 7. The summed E-state index contributed by atoms with van der Waals surface area (Å²) in [4.78, 5) is 10.0. The fourth-order valence-electron chi connectivity index (χ4n) is 4.18. The highest BCUT2D eigenvalue weighted by Gasteiger charge is 2.26. The van der Waals surface area contributed by atoms with Gasteiger partial charge in [-0.1, -0.05) is 29.3 Å². The predicted octanol–water partition coefficient (Wildman–Crippen LogP) is 6.96. The minimum atomic E-state index is -0.216. The maximum absolute atomic E-state index is 9.87. The number of hydrogen-bond donors (Lipinski definition) is 4. The minimum absolute atomic E-state index is 0.216. The molecule has 0 bridgehead atoms. The Morgan fingerprint density at radius 2 is 1.87 bits per heavy atom. The molecule has 38 heavy (non-hydrogen) atoms. The Labute approximate surface area is 235 Å². The summed E-state index contributed by atoms with van der Waals surface area (Å²) in [7, 11) is 0. The topological polar surface area (TPSA) is 101 Å². The minimum Gasteiger partial charge on any atom is -0.372 e. The number of benzene rings is 2. The summed E-state index contributed by atoms with van der Waals surface area (Å²) in [6, 6.07) is 11.8. The van der Waals surface area contributed by atoms with Gasteiger partial charge in [-0.15, -0.1) is 16.9 Å². The van der Waals surface area contributed by atoms with E-state index in [2.05, 4.69) is 51.5 Å². The van der Waals surface area contributed by atoms with Crippen molar-refractivity contribution < 1.29 is 0 Å². The third-order valence-electron chi connectivity index (χ3n) is 6.32. The van der Waals surface area contributed by atoms with Crippen molar-refractivity contribution in [2.75, 3.05) is 10.6 Å². The molecule has 4 aromatic rings. The molecule has 3 heterocycles. The average Bonchev–Trinajstić information content (AvgIpc) is 3.55. The van der Waals surface area contributed by atoms with Crippen molar-refractivity contribution in [1.29, 1.82) is 5.26 Å². The van der Waals surface area contributed by atoms with Crippen LogP contribution in [-0.2, 0) is 0 Å². The van der Waals surface area contributed by atoms with Crippen LogP contribution in [0.2, 0.25) is 10.0 Å². The van der Waals surface area contributed by atoms with Gasteiger partial charge in [-0.2, -0.15) is 5.26 Å². The van der Waals surface area contributed by atoms with Crippen molar-refractivity contribution in [3.8, 4) is 6.07 Å². The number of halogens is 2. The first kappa shape index (κ1) is 26.1. The number of nitriles is 1. The Bertz CT molecular complexity index is 1590. The van der Waals surface area contributed by atoms with Gasteiger partial charge in [0, 0.05) is 40.2 Å². The second kappa shape index (κ2) is 10.7. The highest BCUT2D eigenvalue weighted by Crippen LogP contribution is 2.38. The van der Waals surface area contributed by atoms with Crippen molar-refractivity contribution in [2.24, 2.45) is 0 Å². The number of nitrogens with zero attached hydrogens (tertiary/aromatic N) is 4. The Balaban J connectivity index is 1.59. The molecule has 4 N–H and O–H groups in total. The molecule has 0 saturated heterocycles. The molecule has 0 fully saturated rings. The maximum atomic E-state index is 9.87. The third-order valence-corrected chi connectivity index (χ3v) is 8.01. The molecule has 11 heteroatoms. The molecular formula is C27H26Cl2N8S. The molecule has 5 rings (SSSR count). The summed E-state index contributed by atoms with van der Waals surface area (Å²) in [5.74, 6) is 0. The molecule has 0 spiro atoms. The monoisotopic (exact) mass is 564 g/mol. The fraction of sp³-hybridized carbons (Fsp3) is 0.222. The number of aromatic nitrogens is 2. The summed E-state index contributed by atoms with van der Waals surface area (Å²) in [5.41, 5.74) is 14.3. The van der Waals surface area contributed by atoms with Crippen molar-refractivity contribution in [2.45, 2.75) is 39.8 Å². The average molecular weight is 566 g/mol. The predicted molar refractivity (Wildman–Crippen MR) is 155 cm³/mol. The van der Waals surface area contributed by atoms with Crippen LogP contribution in [-0.4, -0.2) is 21.0 Å². The quantitative estimate of drug-likeness (QED) is 0.191. The number of hydrogen-bond acceptors (Lipinski definition) is 9. The molecule has 0 radical (unpaired) electrons. The molecule has 0 amide bonds. The normalized spacial score (nSPS) is 13.8. The van der Waals surface area contributed by atoms with E-state index in [0.29, 0.717) is 32.2 Å². The van der Waals surface area contributed by atoms with Crippen LogP contribution in [0.25, 0.3) is 10.9 Å². The number of hydrazine groups is 2. The number of pyridine rings is 1. The van der Waals surface area contributed by atoms with E-state index in [1.807, 2.05) is 60.9 Å². The lowest BCUT2D eigenvalue weighted by Gasteiger charge is -2.21. The number of thiazole rings is 1. The van der Waals surface area contributed by atoms with Gasteiger partial charge >= 0.3 is 0 Å². The summed E-state index contributed by atoms with van der Waals surface area (Å²) in [5, 5.41) is 20.7. The molecule has 2 aromatic carbocycles. The molecule has 1 atom stereocenters. The zero-order valence-electron chi connectivity index (χ0n) is 21.2. The van der Waals surface area contributed by atoms with E-state index in [1.54, 1.807) is 11.3 Å². The molecular weight excluding hydrogens is 539 g/mol. The van der Waals surface area contributed by atoms with E-state index in [-0.39, 0.29) is 12.1 Å². The lowest BCUT2D eigenvalue weighted by Crippen LogP contribution is -2.41. The van der Waals surface area contributed by atoms with Gasteiger partial charge in [0.05, 0.1) is 43.6 Å². The number of fused-ring (bicyclic) bond motifs is 1. The SMILES string of the molecule is Cc1ccc(Nc2c(C#N)cnc3c(Cl)cc(N[C@H](C4=CN(C(C)C)NN4)c4scnc4C)cc23)cc1Cl. The second-order valence-corrected chi connectivity index (χ2v) is 11.0. The second-order valence-electron chi connectivity index (χ2n) is 9.30. The van der Waals surface area contributed by atoms with Crippen LogP contribution >= 0.6 is 34.5 Å². The molecule has 1 aliphatic heterocycles. The van der Waals surface area contributed by atoms with E-state index < -0.39 is 0 Å². The van der Waals surface area contributed by atoms with Crippen LogP contribution < -0.4 is 21.6 Å². The van der Waals surface area contributed by atoms with Crippen molar-refractivity contribution >= 4 is 62.5 Å². The van der Waals surface area contributed by atoms with Gasteiger partial charge in [0.15, 0.2) is 0 Å². The van der Waals surface area contributed by atoms with Gasteiger partial charge in [-0.25, -0.2) is 4.98 Å². The Hall–Kier alpha value is -3.55. The van der Waals surface area contributed by atoms with Gasteiger partial charge in [0.2, 0.25) is 0 Å². The highest BCUT2D eigenvalue weighted by atomic mass is 35.5. The van der Waals surface area contributed by atoms with E-state index in [9.17, 15) is 5.26 Å². The molecule has 2 aromatic heterocycles. The van der Waals surface area contributed by atoms with E-state index in [4.69, 9.17) is 23.2 Å². The molecule has 194 valence electrons. The van der Waals surface area contributed by atoms with Gasteiger partial charge in [0.25, 0.3) is 0 Å². The first-order valence-electron chi connectivity index (χ1n) is 12.0. The summed E-state index contributed by atoms with van der Waals surface area (Å²) < 4.78 is 0. The number of anilines is 3. The van der Waals surface area contributed by atoms with Crippen LogP contribution in [0.5, 0.6) is 0 Å². The van der Waals surface area contributed by atoms with Crippen LogP contribution in [0.1, 0.15) is 41.6 Å². The fourth-order valence-corrected chi connectivity index (χ4v) is 5.50. The first-order chi connectivity index (χ1) is 18.2. The Morgan fingerprint density at radius 1 is 1.08 bits per heavy atom. The van der Waals surface area contributed by atoms with Crippen LogP contribution in [0, 0.1) is 25.2 Å². The van der Waals surface area contributed by atoms with Gasteiger partial charge < -0.3 is 16.1 Å². The van der Waals surface area contributed by atoms with Crippen molar-refractivity contribution in [3.05, 3.63) is 85.7 Å². The van der Waals surface area contributed by atoms with Crippen molar-refractivity contribution in [1.82, 2.24) is 25.9 Å². The molecule has 8 nitrogen and oxygen atoms in total. The van der Waals surface area contributed by atoms with Crippen LogP contribution in [0.3, 0.4) is 0 Å². The molecule has 0 saturated carbocycles. The van der Waals surface area contributed by atoms with Gasteiger partial charge in [-0.05, 0) is 57.5 Å². The van der Waals surface area contributed by atoms with Gasteiger partial charge in [0.1, 0.15) is 12.1 Å². The van der Waals surface area contributed by atoms with E-state index in [0.717, 1.165) is 33.2 Å². The lowest BCUT2D eigenvalue weighted by molar-refractivity contribution is 0.221. The third kappa shape index (κ3) is 5.08.